The number of aromatic nitrogens is 1. The van der Waals surface area contributed by atoms with Crippen LogP contribution in [0.4, 0.5) is 0 Å². The largest absolute Gasteiger partial charge is 0.357 e. The molecule has 1 fully saturated rings. The van der Waals surface area contributed by atoms with E-state index in [0.717, 1.165) is 43.9 Å². The first-order valence-corrected chi connectivity index (χ1v) is 9.42. The van der Waals surface area contributed by atoms with Gasteiger partial charge in [-0.3, -0.25) is 4.99 Å². The SMILES string of the molecule is CCNC(=NCC1CCC(C)CC1)NCCc1ncc(C)s1.I. The summed E-state index contributed by atoms with van der Waals surface area (Å²) in [5.41, 5.74) is 0. The van der Waals surface area contributed by atoms with Gasteiger partial charge in [0.05, 0.1) is 5.01 Å². The summed E-state index contributed by atoms with van der Waals surface area (Å²) in [5.74, 6) is 2.64. The molecule has 23 heavy (non-hydrogen) atoms. The third kappa shape index (κ3) is 7.83. The van der Waals surface area contributed by atoms with Crippen molar-refractivity contribution in [3.8, 4) is 0 Å². The van der Waals surface area contributed by atoms with Crippen LogP contribution in [0.15, 0.2) is 11.2 Å². The predicted molar refractivity (Wildman–Crippen MR) is 111 cm³/mol. The maximum atomic E-state index is 4.78. The fourth-order valence-electron chi connectivity index (χ4n) is 2.88. The fourth-order valence-corrected chi connectivity index (χ4v) is 3.67. The minimum absolute atomic E-state index is 0. The van der Waals surface area contributed by atoms with Crippen LogP contribution in [-0.2, 0) is 6.42 Å². The Morgan fingerprint density at radius 1 is 1.30 bits per heavy atom. The van der Waals surface area contributed by atoms with E-state index in [-0.39, 0.29) is 24.0 Å². The Hall–Kier alpha value is -0.370. The van der Waals surface area contributed by atoms with Gasteiger partial charge in [-0.15, -0.1) is 35.3 Å². The second-order valence-corrected chi connectivity index (χ2v) is 7.71. The molecule has 0 spiro atoms. The Kier molecular flexibility index (Phi) is 10.1. The van der Waals surface area contributed by atoms with E-state index >= 15 is 0 Å². The number of nitrogens with zero attached hydrogens (tertiary/aromatic N) is 2. The summed E-state index contributed by atoms with van der Waals surface area (Å²) in [7, 11) is 0. The van der Waals surface area contributed by atoms with Gasteiger partial charge < -0.3 is 10.6 Å². The van der Waals surface area contributed by atoms with Gasteiger partial charge in [0.1, 0.15) is 0 Å². The molecular formula is C17H31IN4S. The van der Waals surface area contributed by atoms with Gasteiger partial charge in [-0.25, -0.2) is 4.98 Å². The Morgan fingerprint density at radius 2 is 2.04 bits per heavy atom. The standard InChI is InChI=1S/C17H30N4S.HI/c1-4-18-17(19-10-9-16-20-11-14(3)22-16)21-12-15-7-5-13(2)6-8-15;/h11,13,15H,4-10,12H2,1-3H3,(H2,18,19,21);1H. The second kappa shape index (κ2) is 11.2. The van der Waals surface area contributed by atoms with Crippen LogP contribution in [0.25, 0.3) is 0 Å². The van der Waals surface area contributed by atoms with Crippen molar-refractivity contribution in [2.45, 2.75) is 52.9 Å². The number of halogens is 1. The number of hydrogen-bond acceptors (Lipinski definition) is 3. The van der Waals surface area contributed by atoms with Gasteiger partial charge in [0.2, 0.25) is 0 Å². The highest BCUT2D eigenvalue weighted by Crippen LogP contribution is 2.28. The zero-order valence-corrected chi connectivity index (χ0v) is 17.7. The molecule has 6 heteroatoms. The average Bonchev–Trinajstić information content (AvgIpc) is 2.92. The normalized spacial score (nSPS) is 21.6. The topological polar surface area (TPSA) is 49.3 Å². The quantitative estimate of drug-likeness (QED) is 0.392. The highest BCUT2D eigenvalue weighted by atomic mass is 127. The molecule has 0 bridgehead atoms. The van der Waals surface area contributed by atoms with Crippen LogP contribution in [0, 0.1) is 18.8 Å². The lowest BCUT2D eigenvalue weighted by Crippen LogP contribution is -2.38. The summed E-state index contributed by atoms with van der Waals surface area (Å²) in [6.07, 6.45) is 8.32. The van der Waals surface area contributed by atoms with Crippen molar-refractivity contribution in [3.05, 3.63) is 16.1 Å². The lowest BCUT2D eigenvalue weighted by molar-refractivity contribution is 0.296. The molecule has 2 N–H and O–H groups in total. The van der Waals surface area contributed by atoms with Crippen molar-refractivity contribution >= 4 is 41.3 Å². The van der Waals surface area contributed by atoms with Crippen molar-refractivity contribution in [2.75, 3.05) is 19.6 Å². The van der Waals surface area contributed by atoms with E-state index in [1.807, 2.05) is 6.20 Å². The van der Waals surface area contributed by atoms with Gasteiger partial charge in [-0.2, -0.15) is 0 Å². The number of nitrogens with one attached hydrogen (secondary N) is 2. The molecule has 0 saturated heterocycles. The van der Waals surface area contributed by atoms with Crippen LogP contribution < -0.4 is 10.6 Å². The van der Waals surface area contributed by atoms with Gasteiger partial charge in [-0.05, 0) is 38.5 Å². The number of aryl methyl sites for hydroxylation is 1. The molecule has 0 aliphatic heterocycles. The van der Waals surface area contributed by atoms with E-state index in [9.17, 15) is 0 Å². The van der Waals surface area contributed by atoms with Crippen LogP contribution in [0.5, 0.6) is 0 Å². The minimum atomic E-state index is 0. The fraction of sp³-hybridized carbons (Fsp3) is 0.765. The van der Waals surface area contributed by atoms with Gasteiger partial charge in [0.25, 0.3) is 0 Å². The smallest absolute Gasteiger partial charge is 0.191 e. The summed E-state index contributed by atoms with van der Waals surface area (Å²) in [6.45, 7) is 9.34. The molecular weight excluding hydrogens is 419 g/mol. The van der Waals surface area contributed by atoms with E-state index in [1.165, 1.54) is 35.6 Å². The average molecular weight is 450 g/mol. The Morgan fingerprint density at radius 3 is 2.65 bits per heavy atom. The second-order valence-electron chi connectivity index (χ2n) is 6.39. The number of hydrogen-bond donors (Lipinski definition) is 2. The van der Waals surface area contributed by atoms with Crippen molar-refractivity contribution in [1.29, 1.82) is 0 Å². The van der Waals surface area contributed by atoms with E-state index in [2.05, 4.69) is 36.4 Å². The third-order valence-corrected chi connectivity index (χ3v) is 5.26. The minimum Gasteiger partial charge on any atom is -0.357 e. The van der Waals surface area contributed by atoms with Gasteiger partial charge in [-0.1, -0.05) is 19.8 Å². The van der Waals surface area contributed by atoms with Crippen molar-refractivity contribution in [2.24, 2.45) is 16.8 Å². The number of rotatable bonds is 6. The summed E-state index contributed by atoms with van der Waals surface area (Å²) in [6, 6.07) is 0. The molecule has 1 aromatic rings. The molecule has 2 rings (SSSR count). The highest BCUT2D eigenvalue weighted by molar-refractivity contribution is 14.0. The molecule has 1 aliphatic rings. The molecule has 0 unspecified atom stereocenters. The van der Waals surface area contributed by atoms with Gasteiger partial charge in [0.15, 0.2) is 5.96 Å². The maximum Gasteiger partial charge on any atom is 0.191 e. The van der Waals surface area contributed by atoms with Crippen LogP contribution in [0.1, 0.15) is 49.4 Å². The molecule has 0 aromatic carbocycles. The van der Waals surface area contributed by atoms with Crippen molar-refractivity contribution in [1.82, 2.24) is 15.6 Å². The summed E-state index contributed by atoms with van der Waals surface area (Å²) in [4.78, 5) is 10.5. The van der Waals surface area contributed by atoms with Crippen LogP contribution in [0.2, 0.25) is 0 Å². The van der Waals surface area contributed by atoms with Crippen LogP contribution in [-0.4, -0.2) is 30.6 Å². The molecule has 0 radical (unpaired) electrons. The van der Waals surface area contributed by atoms with Crippen molar-refractivity contribution < 1.29 is 0 Å². The molecule has 1 aliphatic carbocycles. The number of thiazole rings is 1. The van der Waals surface area contributed by atoms with E-state index in [1.54, 1.807) is 11.3 Å². The van der Waals surface area contributed by atoms with E-state index in [4.69, 9.17) is 4.99 Å². The van der Waals surface area contributed by atoms with Crippen molar-refractivity contribution in [3.63, 3.8) is 0 Å². The Labute approximate surface area is 162 Å². The zero-order valence-electron chi connectivity index (χ0n) is 14.6. The molecule has 0 atom stereocenters. The lowest BCUT2D eigenvalue weighted by atomic mass is 9.83. The van der Waals surface area contributed by atoms with Crippen LogP contribution >= 0.6 is 35.3 Å². The maximum absolute atomic E-state index is 4.78. The van der Waals surface area contributed by atoms with Crippen LogP contribution in [0.3, 0.4) is 0 Å². The third-order valence-electron chi connectivity index (χ3n) is 4.29. The molecule has 0 amide bonds. The first kappa shape index (κ1) is 20.7. The first-order valence-electron chi connectivity index (χ1n) is 8.60. The predicted octanol–water partition coefficient (Wildman–Crippen LogP) is 3.99. The van der Waals surface area contributed by atoms with Gasteiger partial charge in [0, 0.05) is 37.1 Å². The number of aliphatic imine (C=N–C) groups is 1. The zero-order chi connectivity index (χ0) is 15.8. The molecule has 1 aromatic heterocycles. The molecule has 1 saturated carbocycles. The summed E-state index contributed by atoms with van der Waals surface area (Å²) in [5, 5.41) is 7.97. The van der Waals surface area contributed by atoms with E-state index < -0.39 is 0 Å². The Balaban J connectivity index is 0.00000264. The van der Waals surface area contributed by atoms with E-state index in [0.29, 0.717) is 0 Å². The summed E-state index contributed by atoms with van der Waals surface area (Å²) >= 11 is 1.78. The molecule has 4 nitrogen and oxygen atoms in total. The lowest BCUT2D eigenvalue weighted by Gasteiger charge is -2.25. The monoisotopic (exact) mass is 450 g/mol. The first-order chi connectivity index (χ1) is 10.7. The highest BCUT2D eigenvalue weighted by Gasteiger charge is 2.17. The molecule has 1 heterocycles. The summed E-state index contributed by atoms with van der Waals surface area (Å²) < 4.78 is 0. The molecule has 132 valence electrons. The Bertz CT molecular complexity index is 467. The van der Waals surface area contributed by atoms with Gasteiger partial charge >= 0.3 is 0 Å². The number of guanidine groups is 1.